The van der Waals surface area contributed by atoms with Gasteiger partial charge in [0.05, 0.1) is 6.61 Å². The van der Waals surface area contributed by atoms with E-state index in [1.807, 2.05) is 0 Å². The number of hydrogen-bond donors (Lipinski definition) is 1. The van der Waals surface area contributed by atoms with Crippen LogP contribution in [0.1, 0.15) is 12.0 Å². The van der Waals surface area contributed by atoms with Gasteiger partial charge in [-0.05, 0) is 24.1 Å². The van der Waals surface area contributed by atoms with Crippen molar-refractivity contribution < 1.29 is 4.74 Å². The Balaban J connectivity index is 1.75. The van der Waals surface area contributed by atoms with E-state index >= 15 is 0 Å². The maximum Gasteiger partial charge on any atom is 0.0713 e. The molecule has 86 valence electrons. The molecule has 2 unspecified atom stereocenters. The van der Waals surface area contributed by atoms with Crippen LogP contribution in [0.25, 0.3) is 0 Å². The van der Waals surface area contributed by atoms with Gasteiger partial charge in [0.15, 0.2) is 0 Å². The molecule has 2 bridgehead atoms. The quantitative estimate of drug-likeness (QED) is 0.829. The molecule has 3 rings (SSSR count). The molecule has 3 nitrogen and oxygen atoms in total. The van der Waals surface area contributed by atoms with Crippen LogP contribution in [0.4, 0.5) is 5.69 Å². The molecule has 0 saturated carbocycles. The first-order valence-corrected chi connectivity index (χ1v) is 5.95. The zero-order valence-corrected chi connectivity index (χ0v) is 9.65. The Bertz CT molecular complexity index is 363. The van der Waals surface area contributed by atoms with Crippen molar-refractivity contribution in [3.63, 3.8) is 0 Å². The van der Waals surface area contributed by atoms with Crippen LogP contribution in [0.2, 0.25) is 0 Å². The lowest BCUT2D eigenvalue weighted by molar-refractivity contribution is 0.185. The highest BCUT2D eigenvalue weighted by atomic mass is 16.5. The number of hydrogen-bond acceptors (Lipinski definition) is 3. The molecule has 1 aromatic carbocycles. The van der Waals surface area contributed by atoms with Gasteiger partial charge in [0.25, 0.3) is 0 Å². The Labute approximate surface area is 96.4 Å². The van der Waals surface area contributed by atoms with Gasteiger partial charge in [0.2, 0.25) is 0 Å². The molecule has 1 N–H and O–H groups in total. The summed E-state index contributed by atoms with van der Waals surface area (Å²) in [7, 11) is 1.74. The Morgan fingerprint density at radius 2 is 2.19 bits per heavy atom. The highest BCUT2D eigenvalue weighted by Crippen LogP contribution is 2.29. The summed E-state index contributed by atoms with van der Waals surface area (Å²) in [6.45, 7) is 3.01. The smallest absolute Gasteiger partial charge is 0.0713 e. The van der Waals surface area contributed by atoms with Gasteiger partial charge in [-0.25, -0.2) is 0 Å². The number of fused-ring (bicyclic) bond motifs is 2. The first-order chi connectivity index (χ1) is 7.86. The van der Waals surface area contributed by atoms with E-state index in [0.29, 0.717) is 18.7 Å². The molecule has 1 aromatic rings. The summed E-state index contributed by atoms with van der Waals surface area (Å²) in [6, 6.07) is 10.2. The van der Waals surface area contributed by atoms with Crippen molar-refractivity contribution in [1.82, 2.24) is 5.32 Å². The highest BCUT2D eigenvalue weighted by molar-refractivity contribution is 5.51. The Morgan fingerprint density at radius 3 is 2.75 bits per heavy atom. The van der Waals surface area contributed by atoms with Gasteiger partial charge in [-0.1, -0.05) is 12.1 Å². The van der Waals surface area contributed by atoms with Gasteiger partial charge in [0, 0.05) is 38.0 Å². The first kappa shape index (κ1) is 10.1. The summed E-state index contributed by atoms with van der Waals surface area (Å²) in [5.74, 6) is 0. The van der Waals surface area contributed by atoms with E-state index in [-0.39, 0.29) is 0 Å². The third-order valence-corrected chi connectivity index (χ3v) is 3.64. The molecule has 2 atom stereocenters. The third-order valence-electron chi connectivity index (χ3n) is 3.64. The number of benzene rings is 1. The van der Waals surface area contributed by atoms with Crippen LogP contribution in [0.15, 0.2) is 24.3 Å². The van der Waals surface area contributed by atoms with Crippen molar-refractivity contribution >= 4 is 5.69 Å². The number of ether oxygens (including phenoxy) is 1. The van der Waals surface area contributed by atoms with E-state index < -0.39 is 0 Å². The summed E-state index contributed by atoms with van der Waals surface area (Å²) in [5, 5.41) is 3.53. The fraction of sp³-hybridized carbons (Fsp3) is 0.538. The second-order valence-electron chi connectivity index (χ2n) is 4.75. The number of nitrogens with one attached hydrogen (secondary N) is 1. The normalized spacial score (nSPS) is 27.7. The average molecular weight is 218 g/mol. The number of methoxy groups -OCH3 is 1. The van der Waals surface area contributed by atoms with Crippen LogP contribution >= 0.6 is 0 Å². The van der Waals surface area contributed by atoms with Crippen LogP contribution in [0.5, 0.6) is 0 Å². The predicted molar refractivity (Wildman–Crippen MR) is 64.7 cm³/mol. The van der Waals surface area contributed by atoms with E-state index in [2.05, 4.69) is 34.5 Å². The fourth-order valence-electron chi connectivity index (χ4n) is 2.83. The van der Waals surface area contributed by atoms with Gasteiger partial charge in [-0.2, -0.15) is 0 Å². The summed E-state index contributed by atoms with van der Waals surface area (Å²) in [4.78, 5) is 2.53. The first-order valence-electron chi connectivity index (χ1n) is 5.95. The Hall–Kier alpha value is -1.06. The third kappa shape index (κ3) is 1.70. The molecule has 0 spiro atoms. The lowest BCUT2D eigenvalue weighted by Crippen LogP contribution is -2.43. The van der Waals surface area contributed by atoms with Gasteiger partial charge >= 0.3 is 0 Å². The number of piperazine rings is 1. The summed E-state index contributed by atoms with van der Waals surface area (Å²) in [6.07, 6.45) is 1.31. The molecule has 2 fully saturated rings. The van der Waals surface area contributed by atoms with Gasteiger partial charge < -0.3 is 15.0 Å². The van der Waals surface area contributed by atoms with E-state index in [1.54, 1.807) is 7.11 Å². The molecule has 2 aliphatic heterocycles. The monoisotopic (exact) mass is 218 g/mol. The molecule has 2 heterocycles. The van der Waals surface area contributed by atoms with Crippen LogP contribution in [0, 0.1) is 0 Å². The summed E-state index contributed by atoms with van der Waals surface area (Å²) >= 11 is 0. The van der Waals surface area contributed by atoms with Crippen molar-refractivity contribution in [3.05, 3.63) is 29.8 Å². The van der Waals surface area contributed by atoms with Crippen molar-refractivity contribution in [2.45, 2.75) is 25.1 Å². The van der Waals surface area contributed by atoms with Crippen LogP contribution in [-0.4, -0.2) is 32.3 Å². The lowest BCUT2D eigenvalue weighted by atomic mass is 10.2. The predicted octanol–water partition coefficient (Wildman–Crippen LogP) is 1.38. The number of nitrogens with zero attached hydrogens (tertiary/aromatic N) is 1. The largest absolute Gasteiger partial charge is 0.380 e. The molecule has 0 amide bonds. The molecular weight excluding hydrogens is 200 g/mol. The van der Waals surface area contributed by atoms with E-state index in [4.69, 9.17) is 4.74 Å². The van der Waals surface area contributed by atoms with Crippen molar-refractivity contribution in [1.29, 1.82) is 0 Å². The van der Waals surface area contributed by atoms with Crippen LogP contribution in [-0.2, 0) is 11.3 Å². The minimum absolute atomic E-state index is 0.702. The van der Waals surface area contributed by atoms with Gasteiger partial charge in [-0.15, -0.1) is 0 Å². The molecule has 3 heteroatoms. The Morgan fingerprint density at radius 1 is 1.38 bits per heavy atom. The molecule has 0 aromatic heterocycles. The van der Waals surface area contributed by atoms with Crippen molar-refractivity contribution in [2.24, 2.45) is 0 Å². The topological polar surface area (TPSA) is 24.5 Å². The molecule has 0 radical (unpaired) electrons. The van der Waals surface area contributed by atoms with E-state index in [0.717, 1.165) is 13.1 Å². The van der Waals surface area contributed by atoms with Gasteiger partial charge in [-0.3, -0.25) is 0 Å². The molecule has 2 saturated heterocycles. The van der Waals surface area contributed by atoms with Crippen molar-refractivity contribution in [2.75, 3.05) is 25.1 Å². The average Bonchev–Trinajstić information content (AvgIpc) is 2.92. The van der Waals surface area contributed by atoms with E-state index in [1.165, 1.54) is 17.7 Å². The fourth-order valence-corrected chi connectivity index (χ4v) is 2.83. The van der Waals surface area contributed by atoms with Crippen molar-refractivity contribution in [3.8, 4) is 0 Å². The minimum atomic E-state index is 0.702. The maximum atomic E-state index is 5.12. The standard InChI is InChI=1S/C13H18N2O/c1-16-9-10-2-4-12(5-3-10)15-8-11-6-13(15)7-14-11/h2-5,11,13-14H,6-9H2,1H3. The molecule has 0 aliphatic carbocycles. The molecule has 16 heavy (non-hydrogen) atoms. The molecule has 2 aliphatic rings. The highest BCUT2D eigenvalue weighted by Gasteiger charge is 2.37. The van der Waals surface area contributed by atoms with E-state index in [9.17, 15) is 0 Å². The molecular formula is C13H18N2O. The van der Waals surface area contributed by atoms with Crippen LogP contribution in [0.3, 0.4) is 0 Å². The lowest BCUT2D eigenvalue weighted by Gasteiger charge is -2.29. The van der Waals surface area contributed by atoms with Gasteiger partial charge in [0.1, 0.15) is 0 Å². The summed E-state index contributed by atoms with van der Waals surface area (Å²) < 4.78 is 5.12. The second-order valence-corrected chi connectivity index (χ2v) is 4.75. The SMILES string of the molecule is COCc1ccc(N2CC3CC2CN3)cc1. The van der Waals surface area contributed by atoms with Crippen LogP contribution < -0.4 is 10.2 Å². The second kappa shape index (κ2) is 4.07. The zero-order valence-electron chi connectivity index (χ0n) is 9.65. The zero-order chi connectivity index (χ0) is 11.0. The number of anilines is 1. The Kier molecular flexibility index (Phi) is 2.58. The summed E-state index contributed by atoms with van der Waals surface area (Å²) in [5.41, 5.74) is 2.60. The maximum absolute atomic E-state index is 5.12. The number of rotatable bonds is 3. The minimum Gasteiger partial charge on any atom is -0.380 e.